The molecule has 0 aromatic heterocycles. The molecule has 1 unspecified atom stereocenters. The molecule has 0 spiro atoms. The van der Waals surface area contributed by atoms with E-state index in [0.717, 1.165) is 17.5 Å². The maximum absolute atomic E-state index is 12.7. The number of benzene rings is 1. The van der Waals surface area contributed by atoms with Crippen molar-refractivity contribution in [2.75, 3.05) is 0 Å². The Balaban J connectivity index is 1.98. The molecule has 2 aliphatic heterocycles. The molecule has 1 atom stereocenters. The van der Waals surface area contributed by atoms with Gasteiger partial charge in [0, 0.05) is 18.5 Å². The number of nitrogens with one attached hydrogen (secondary N) is 1. The summed E-state index contributed by atoms with van der Waals surface area (Å²) in [5, 5.41) is 2.35. The fourth-order valence-corrected chi connectivity index (χ4v) is 3.18. The molecule has 21 heavy (non-hydrogen) atoms. The van der Waals surface area contributed by atoms with Crippen molar-refractivity contribution in [1.29, 1.82) is 0 Å². The van der Waals surface area contributed by atoms with Crippen molar-refractivity contribution in [2.24, 2.45) is 0 Å². The molecule has 1 N–H and O–H groups in total. The minimum atomic E-state index is -0.949. The van der Waals surface area contributed by atoms with Gasteiger partial charge in [0.05, 0.1) is 0 Å². The van der Waals surface area contributed by atoms with Crippen LogP contribution < -0.4 is 5.32 Å². The maximum atomic E-state index is 12.7. The summed E-state index contributed by atoms with van der Waals surface area (Å²) in [4.78, 5) is 37.8. The van der Waals surface area contributed by atoms with Crippen LogP contribution in [0, 0.1) is 0 Å². The van der Waals surface area contributed by atoms with Gasteiger partial charge in [-0.1, -0.05) is 19.1 Å². The van der Waals surface area contributed by atoms with E-state index in [9.17, 15) is 14.4 Å². The van der Waals surface area contributed by atoms with Crippen molar-refractivity contribution in [2.45, 2.75) is 45.2 Å². The predicted molar refractivity (Wildman–Crippen MR) is 76.5 cm³/mol. The number of hydrogen-bond donors (Lipinski definition) is 1. The zero-order chi connectivity index (χ0) is 15.2. The van der Waals surface area contributed by atoms with Crippen LogP contribution in [0.5, 0.6) is 0 Å². The van der Waals surface area contributed by atoms with Crippen LogP contribution in [0.4, 0.5) is 0 Å². The third-order valence-corrected chi connectivity index (χ3v) is 4.62. The van der Waals surface area contributed by atoms with Gasteiger partial charge in [-0.05, 0) is 37.0 Å². The number of aryl methyl sites for hydroxylation is 1. The van der Waals surface area contributed by atoms with Crippen molar-refractivity contribution < 1.29 is 14.4 Å². The molecule has 1 saturated heterocycles. The third kappa shape index (κ3) is 1.95. The molecule has 2 heterocycles. The van der Waals surface area contributed by atoms with Gasteiger partial charge in [-0.25, -0.2) is 0 Å². The molecule has 5 heteroatoms. The normalized spacial score (nSPS) is 25.0. The van der Waals surface area contributed by atoms with E-state index in [0.29, 0.717) is 18.5 Å². The molecule has 0 radical (unpaired) electrons. The molecule has 5 nitrogen and oxygen atoms in total. The van der Waals surface area contributed by atoms with Gasteiger partial charge in [0.15, 0.2) is 0 Å². The van der Waals surface area contributed by atoms with Gasteiger partial charge >= 0.3 is 0 Å². The van der Waals surface area contributed by atoms with Crippen molar-refractivity contribution in [1.82, 2.24) is 10.2 Å². The fourth-order valence-electron chi connectivity index (χ4n) is 3.18. The highest BCUT2D eigenvalue weighted by Gasteiger charge is 2.48. The summed E-state index contributed by atoms with van der Waals surface area (Å²) in [6, 6.07) is 5.71. The Morgan fingerprint density at radius 3 is 2.71 bits per heavy atom. The lowest BCUT2D eigenvalue weighted by atomic mass is 9.89. The van der Waals surface area contributed by atoms with Gasteiger partial charge in [-0.15, -0.1) is 0 Å². The van der Waals surface area contributed by atoms with Crippen LogP contribution in [0.2, 0.25) is 0 Å². The highest BCUT2D eigenvalue weighted by Crippen LogP contribution is 2.35. The van der Waals surface area contributed by atoms with Crippen LogP contribution in [0.15, 0.2) is 18.2 Å². The average Bonchev–Trinajstić information content (AvgIpc) is 2.81. The SMILES string of the molecule is CCc1cccc2c1CN(C1(C)CCC(=O)NC1=O)C2=O. The topological polar surface area (TPSA) is 66.5 Å². The Kier molecular flexibility index (Phi) is 3.08. The standard InChI is InChI=1S/C16H18N2O3/c1-3-10-5-4-6-11-12(10)9-18(14(11)20)16(2)8-7-13(19)17-15(16)21/h4-6H,3,7-9H2,1-2H3,(H,17,19,21). The minimum absolute atomic E-state index is 0.118. The fraction of sp³-hybridized carbons (Fsp3) is 0.438. The molecule has 0 bridgehead atoms. The summed E-state index contributed by atoms with van der Waals surface area (Å²) < 4.78 is 0. The van der Waals surface area contributed by atoms with E-state index in [-0.39, 0.29) is 24.1 Å². The monoisotopic (exact) mass is 286 g/mol. The first-order chi connectivity index (χ1) is 9.97. The van der Waals surface area contributed by atoms with Crippen LogP contribution in [0.1, 0.15) is 48.2 Å². The minimum Gasteiger partial charge on any atom is -0.320 e. The first-order valence-electron chi connectivity index (χ1n) is 7.24. The molecular weight excluding hydrogens is 268 g/mol. The third-order valence-electron chi connectivity index (χ3n) is 4.62. The summed E-state index contributed by atoms with van der Waals surface area (Å²) in [5.74, 6) is -0.763. The second-order valence-corrected chi connectivity index (χ2v) is 5.84. The van der Waals surface area contributed by atoms with Crippen LogP contribution in [0.3, 0.4) is 0 Å². The van der Waals surface area contributed by atoms with Gasteiger partial charge in [0.2, 0.25) is 5.91 Å². The van der Waals surface area contributed by atoms with E-state index in [4.69, 9.17) is 0 Å². The van der Waals surface area contributed by atoms with Crippen molar-refractivity contribution in [3.8, 4) is 0 Å². The van der Waals surface area contributed by atoms with E-state index < -0.39 is 5.54 Å². The number of nitrogens with zero attached hydrogens (tertiary/aromatic N) is 1. The number of imide groups is 1. The molecule has 110 valence electrons. The lowest BCUT2D eigenvalue weighted by molar-refractivity contribution is -0.142. The van der Waals surface area contributed by atoms with E-state index in [2.05, 4.69) is 12.2 Å². The molecule has 0 saturated carbocycles. The average molecular weight is 286 g/mol. The van der Waals surface area contributed by atoms with Gasteiger partial charge in [0.25, 0.3) is 11.8 Å². The number of hydrogen-bond acceptors (Lipinski definition) is 3. The number of rotatable bonds is 2. The Morgan fingerprint density at radius 1 is 1.29 bits per heavy atom. The molecular formula is C16H18N2O3. The predicted octanol–water partition coefficient (Wildman–Crippen LogP) is 1.40. The van der Waals surface area contributed by atoms with Crippen LogP contribution in [-0.4, -0.2) is 28.2 Å². The molecule has 0 aliphatic carbocycles. The van der Waals surface area contributed by atoms with E-state index in [1.54, 1.807) is 11.8 Å². The second-order valence-electron chi connectivity index (χ2n) is 5.84. The quantitative estimate of drug-likeness (QED) is 0.836. The molecule has 1 fully saturated rings. The van der Waals surface area contributed by atoms with Crippen LogP contribution in [0.25, 0.3) is 0 Å². The van der Waals surface area contributed by atoms with E-state index >= 15 is 0 Å². The lowest BCUT2D eigenvalue weighted by Gasteiger charge is -2.39. The van der Waals surface area contributed by atoms with Gasteiger partial charge in [-0.3, -0.25) is 19.7 Å². The van der Waals surface area contributed by atoms with Crippen LogP contribution in [-0.2, 0) is 22.6 Å². The zero-order valence-electron chi connectivity index (χ0n) is 12.2. The summed E-state index contributed by atoms with van der Waals surface area (Å²) in [7, 11) is 0. The highest BCUT2D eigenvalue weighted by atomic mass is 16.2. The van der Waals surface area contributed by atoms with Crippen molar-refractivity contribution in [3.63, 3.8) is 0 Å². The second kappa shape index (κ2) is 4.69. The van der Waals surface area contributed by atoms with E-state index in [1.807, 2.05) is 18.2 Å². The maximum Gasteiger partial charge on any atom is 0.255 e. The molecule has 1 aromatic rings. The summed E-state index contributed by atoms with van der Waals surface area (Å²) in [6.45, 7) is 4.23. The van der Waals surface area contributed by atoms with Crippen molar-refractivity contribution >= 4 is 17.7 Å². The molecule has 3 amide bonds. The number of carbonyl (C=O) groups is 3. The Bertz CT molecular complexity index is 653. The Labute approximate surface area is 123 Å². The zero-order valence-corrected chi connectivity index (χ0v) is 12.2. The highest BCUT2D eigenvalue weighted by molar-refractivity contribution is 6.07. The summed E-state index contributed by atoms with van der Waals surface area (Å²) in [6.07, 6.45) is 1.49. The number of fused-ring (bicyclic) bond motifs is 1. The van der Waals surface area contributed by atoms with Crippen molar-refractivity contribution in [3.05, 3.63) is 34.9 Å². The Morgan fingerprint density at radius 2 is 2.05 bits per heavy atom. The van der Waals surface area contributed by atoms with Gasteiger partial charge in [-0.2, -0.15) is 0 Å². The number of carbonyl (C=O) groups excluding carboxylic acids is 3. The molecule has 2 aliphatic rings. The van der Waals surface area contributed by atoms with Gasteiger partial charge in [0.1, 0.15) is 5.54 Å². The number of amides is 3. The largest absolute Gasteiger partial charge is 0.320 e. The van der Waals surface area contributed by atoms with Crippen LogP contribution >= 0.6 is 0 Å². The Hall–Kier alpha value is -2.17. The first kappa shape index (κ1) is 13.8. The smallest absolute Gasteiger partial charge is 0.255 e. The summed E-state index contributed by atoms with van der Waals surface area (Å²) >= 11 is 0. The summed E-state index contributed by atoms with van der Waals surface area (Å²) in [5.41, 5.74) is 1.88. The first-order valence-corrected chi connectivity index (χ1v) is 7.24. The molecule has 3 rings (SSSR count). The van der Waals surface area contributed by atoms with E-state index in [1.165, 1.54) is 0 Å². The van der Waals surface area contributed by atoms with Gasteiger partial charge < -0.3 is 4.90 Å². The number of piperidine rings is 1. The lowest BCUT2D eigenvalue weighted by Crippen LogP contribution is -2.61. The molecule has 1 aromatic carbocycles.